The highest BCUT2D eigenvalue weighted by molar-refractivity contribution is 7.99. The van der Waals surface area contributed by atoms with Crippen molar-refractivity contribution in [1.82, 2.24) is 14.9 Å². The van der Waals surface area contributed by atoms with Crippen LogP contribution in [-0.2, 0) is 4.79 Å². The van der Waals surface area contributed by atoms with Crippen LogP contribution in [0.1, 0.15) is 0 Å². The maximum absolute atomic E-state index is 13.9. The number of carbonyl (C=O) groups is 1. The fourth-order valence-electron chi connectivity index (χ4n) is 2.41. The van der Waals surface area contributed by atoms with Crippen molar-refractivity contribution in [3.63, 3.8) is 0 Å². The summed E-state index contributed by atoms with van der Waals surface area (Å²) in [7, 11) is 0. The summed E-state index contributed by atoms with van der Waals surface area (Å²) in [5.74, 6) is 5.39. The number of nitrogens with zero attached hydrogens (tertiary/aromatic N) is 5. The molecule has 0 saturated heterocycles. The first-order chi connectivity index (χ1) is 13.1. The summed E-state index contributed by atoms with van der Waals surface area (Å²) in [6, 6.07) is 17.0. The van der Waals surface area contributed by atoms with E-state index in [1.54, 1.807) is 42.5 Å². The summed E-state index contributed by atoms with van der Waals surface area (Å²) in [4.78, 5) is 13.9. The third-order valence-corrected chi connectivity index (χ3v) is 4.63. The van der Waals surface area contributed by atoms with Crippen molar-refractivity contribution in [1.29, 1.82) is 5.26 Å². The lowest BCUT2D eigenvalue weighted by molar-refractivity contribution is -0.116. The number of hydrogen-bond donors (Lipinski definition) is 1. The number of rotatable bonds is 6. The molecule has 9 heteroatoms. The zero-order valence-electron chi connectivity index (χ0n) is 14.1. The number of nitrogens with two attached hydrogens (primary N) is 1. The summed E-state index contributed by atoms with van der Waals surface area (Å²) in [5, 5.41) is 17.1. The fourth-order valence-corrected chi connectivity index (χ4v) is 3.14. The Morgan fingerprint density at radius 1 is 1.19 bits per heavy atom. The zero-order chi connectivity index (χ0) is 19.2. The Morgan fingerprint density at radius 2 is 1.89 bits per heavy atom. The molecule has 3 aromatic rings. The number of benzene rings is 2. The number of carbonyl (C=O) groups excluding carboxylic acids is 1. The Bertz CT molecular complexity index is 985. The van der Waals surface area contributed by atoms with Crippen molar-refractivity contribution >= 4 is 23.4 Å². The van der Waals surface area contributed by atoms with Gasteiger partial charge in [0.25, 0.3) is 0 Å². The van der Waals surface area contributed by atoms with Gasteiger partial charge in [0, 0.05) is 5.69 Å². The number of aromatic nitrogens is 3. The van der Waals surface area contributed by atoms with Gasteiger partial charge in [-0.3, -0.25) is 9.69 Å². The molecule has 2 aromatic carbocycles. The molecule has 1 aromatic heterocycles. The highest BCUT2D eigenvalue weighted by Crippen LogP contribution is 2.24. The van der Waals surface area contributed by atoms with Gasteiger partial charge in [-0.25, -0.2) is 9.07 Å². The molecule has 0 saturated carbocycles. The molecule has 0 unspecified atom stereocenters. The molecular formula is C18H15FN6OS. The molecule has 0 aliphatic rings. The Morgan fingerprint density at radius 3 is 2.59 bits per heavy atom. The minimum Gasteiger partial charge on any atom is -0.335 e. The monoisotopic (exact) mass is 382 g/mol. The van der Waals surface area contributed by atoms with Crippen LogP contribution in [-0.4, -0.2) is 33.1 Å². The lowest BCUT2D eigenvalue weighted by Crippen LogP contribution is -2.32. The molecule has 1 amide bonds. The Kier molecular flexibility index (Phi) is 5.68. The quantitative estimate of drug-likeness (QED) is 0.399. The number of thioether (sulfide) groups is 1. The van der Waals surface area contributed by atoms with Crippen LogP contribution in [0.5, 0.6) is 0 Å². The molecule has 7 nitrogen and oxygen atoms in total. The summed E-state index contributed by atoms with van der Waals surface area (Å²) in [6.45, 7) is -0.0702. The van der Waals surface area contributed by atoms with Gasteiger partial charge in [-0.05, 0) is 24.3 Å². The van der Waals surface area contributed by atoms with Gasteiger partial charge < -0.3 is 5.84 Å². The minimum absolute atomic E-state index is 0.00315. The van der Waals surface area contributed by atoms with Gasteiger partial charge in [-0.15, -0.1) is 10.2 Å². The number of amides is 1. The van der Waals surface area contributed by atoms with E-state index in [0.29, 0.717) is 5.69 Å². The third kappa shape index (κ3) is 4.07. The highest BCUT2D eigenvalue weighted by atomic mass is 32.2. The van der Waals surface area contributed by atoms with Crippen molar-refractivity contribution in [2.75, 3.05) is 23.0 Å². The molecular weight excluding hydrogens is 367 g/mol. The van der Waals surface area contributed by atoms with E-state index in [1.807, 2.05) is 12.1 Å². The standard InChI is InChI=1S/C18H15FN6OS/c19-15-9-5-4-8-14(15)17-22-23-18(25(17)21)27-12-16(26)24(11-10-20)13-6-2-1-3-7-13/h1-9H,11-12,21H2. The summed E-state index contributed by atoms with van der Waals surface area (Å²) < 4.78 is 15.1. The summed E-state index contributed by atoms with van der Waals surface area (Å²) in [5.41, 5.74) is 0.854. The van der Waals surface area contributed by atoms with E-state index in [9.17, 15) is 9.18 Å². The molecule has 0 aliphatic carbocycles. The van der Waals surface area contributed by atoms with Crippen LogP contribution >= 0.6 is 11.8 Å². The van der Waals surface area contributed by atoms with Crippen LogP contribution in [0.4, 0.5) is 10.1 Å². The maximum Gasteiger partial charge on any atom is 0.238 e. The second-order valence-electron chi connectivity index (χ2n) is 5.42. The fraction of sp³-hybridized carbons (Fsp3) is 0.111. The van der Waals surface area contributed by atoms with Crippen LogP contribution in [0.25, 0.3) is 11.4 Å². The van der Waals surface area contributed by atoms with E-state index in [2.05, 4.69) is 10.2 Å². The van der Waals surface area contributed by atoms with E-state index in [-0.39, 0.29) is 34.7 Å². The van der Waals surface area contributed by atoms with E-state index >= 15 is 0 Å². The summed E-state index contributed by atoms with van der Waals surface area (Å²) in [6.07, 6.45) is 0. The molecule has 0 atom stereocenters. The Hall–Kier alpha value is -3.38. The average Bonchev–Trinajstić information content (AvgIpc) is 3.05. The van der Waals surface area contributed by atoms with Gasteiger partial charge in [-0.2, -0.15) is 5.26 Å². The topological polar surface area (TPSA) is 101 Å². The molecule has 0 aliphatic heterocycles. The molecule has 2 N–H and O–H groups in total. The predicted molar refractivity (Wildman–Crippen MR) is 101 cm³/mol. The van der Waals surface area contributed by atoms with E-state index in [1.165, 1.54) is 11.0 Å². The minimum atomic E-state index is -0.464. The molecule has 27 heavy (non-hydrogen) atoms. The molecule has 3 rings (SSSR count). The van der Waals surface area contributed by atoms with Crippen LogP contribution in [0, 0.1) is 17.1 Å². The number of nitriles is 1. The zero-order valence-corrected chi connectivity index (χ0v) is 14.9. The normalized spacial score (nSPS) is 10.4. The smallest absolute Gasteiger partial charge is 0.238 e. The Labute approximate surface area is 159 Å². The van der Waals surface area contributed by atoms with Gasteiger partial charge in [-0.1, -0.05) is 42.1 Å². The number of anilines is 1. The van der Waals surface area contributed by atoms with Crippen molar-refractivity contribution < 1.29 is 9.18 Å². The lowest BCUT2D eigenvalue weighted by atomic mass is 10.2. The van der Waals surface area contributed by atoms with Gasteiger partial charge in [0.1, 0.15) is 12.4 Å². The number of nitrogen functional groups attached to an aromatic ring is 1. The number of hydrogen-bond acceptors (Lipinski definition) is 6. The maximum atomic E-state index is 13.9. The molecule has 1 heterocycles. The molecule has 0 bridgehead atoms. The number of halogens is 1. The van der Waals surface area contributed by atoms with Gasteiger partial charge in [0.2, 0.25) is 11.1 Å². The third-order valence-electron chi connectivity index (χ3n) is 3.70. The first-order valence-corrected chi connectivity index (χ1v) is 8.91. The number of para-hydroxylation sites is 1. The van der Waals surface area contributed by atoms with Gasteiger partial charge in [0.05, 0.1) is 17.4 Å². The molecule has 136 valence electrons. The van der Waals surface area contributed by atoms with Crippen LogP contribution < -0.4 is 10.7 Å². The van der Waals surface area contributed by atoms with Gasteiger partial charge in [0.15, 0.2) is 5.82 Å². The second kappa shape index (κ2) is 8.33. The van der Waals surface area contributed by atoms with Crippen molar-refractivity contribution in [2.24, 2.45) is 0 Å². The SMILES string of the molecule is N#CCN(C(=O)CSc1nnc(-c2ccccc2F)n1N)c1ccccc1. The second-order valence-corrected chi connectivity index (χ2v) is 6.36. The first-order valence-electron chi connectivity index (χ1n) is 7.92. The predicted octanol–water partition coefficient (Wildman–Crippen LogP) is 2.45. The van der Waals surface area contributed by atoms with Crippen LogP contribution in [0.15, 0.2) is 59.8 Å². The van der Waals surface area contributed by atoms with Crippen molar-refractivity contribution in [3.8, 4) is 17.5 Å². The van der Waals surface area contributed by atoms with Crippen LogP contribution in [0.2, 0.25) is 0 Å². The van der Waals surface area contributed by atoms with Crippen molar-refractivity contribution in [3.05, 3.63) is 60.4 Å². The average molecular weight is 382 g/mol. The van der Waals surface area contributed by atoms with Gasteiger partial charge >= 0.3 is 0 Å². The molecule has 0 fully saturated rings. The highest BCUT2D eigenvalue weighted by Gasteiger charge is 2.19. The first kappa shape index (κ1) is 18.4. The lowest BCUT2D eigenvalue weighted by Gasteiger charge is -2.19. The molecule has 0 radical (unpaired) electrons. The largest absolute Gasteiger partial charge is 0.335 e. The van der Waals surface area contributed by atoms with Crippen LogP contribution in [0.3, 0.4) is 0 Å². The Balaban J connectivity index is 1.74. The summed E-state index contributed by atoms with van der Waals surface area (Å²) >= 11 is 1.07. The van der Waals surface area contributed by atoms with E-state index < -0.39 is 5.82 Å². The molecule has 0 spiro atoms. The van der Waals surface area contributed by atoms with E-state index in [0.717, 1.165) is 16.4 Å². The van der Waals surface area contributed by atoms with E-state index in [4.69, 9.17) is 11.1 Å². The van der Waals surface area contributed by atoms with Crippen molar-refractivity contribution in [2.45, 2.75) is 5.16 Å².